The molecule has 2 aromatic rings. The molecule has 0 bridgehead atoms. The van der Waals surface area contributed by atoms with Crippen LogP contribution in [0.1, 0.15) is 85.9 Å². The second kappa shape index (κ2) is 23.5. The van der Waals surface area contributed by atoms with Crippen molar-refractivity contribution in [2.24, 2.45) is 0 Å². The van der Waals surface area contributed by atoms with E-state index in [0.29, 0.717) is 25.0 Å². The number of hydrogen-bond acceptors (Lipinski definition) is 15. The number of benzene rings is 2. The van der Waals surface area contributed by atoms with Crippen LogP contribution in [-0.4, -0.2) is 173 Å². The zero-order valence-electron chi connectivity index (χ0n) is 39.5. The van der Waals surface area contributed by atoms with Crippen molar-refractivity contribution in [3.63, 3.8) is 0 Å². The summed E-state index contributed by atoms with van der Waals surface area (Å²) in [6.07, 6.45) is -0.552. The molecule has 6 aliphatic heterocycles. The van der Waals surface area contributed by atoms with Gasteiger partial charge in [-0.1, -0.05) is 23.2 Å². The minimum atomic E-state index is -1.05. The monoisotopic (exact) mass is 1040 g/mol. The van der Waals surface area contributed by atoms with Gasteiger partial charge in [0, 0.05) is 60.3 Å². The summed E-state index contributed by atoms with van der Waals surface area (Å²) in [6, 6.07) is 5.58. The summed E-state index contributed by atoms with van der Waals surface area (Å²) >= 11 is 12.0. The highest BCUT2D eigenvalue weighted by Gasteiger charge is 2.48. The topological polar surface area (TPSA) is 284 Å². The SMILES string of the molecule is CCOC1OC(=O)C[C@@H]1NC(=O)[C@@H]1CCCN2C(=O)CCN(NC(=O)c3cc(Cl)cc(Cl)c3)C(=O)N12.CCOC1OC(=O)C[C@@H]1NC(=O)[C@@H]1CCCN2C(=O)CCN(NC(=O)c3ccc(OC)cc3)C(=O)N12. The lowest BCUT2D eigenvalue weighted by atomic mass is 10.1. The summed E-state index contributed by atoms with van der Waals surface area (Å²) in [7, 11) is 1.51. The Morgan fingerprint density at radius 1 is 0.625 bits per heavy atom. The number of carbonyl (C=O) groups is 10. The Hall–Kier alpha value is -6.96. The minimum Gasteiger partial charge on any atom is -0.497 e. The van der Waals surface area contributed by atoms with E-state index < -0.39 is 84.4 Å². The van der Waals surface area contributed by atoms with Gasteiger partial charge in [-0.15, -0.1) is 0 Å². The van der Waals surface area contributed by atoms with Gasteiger partial charge in [0.2, 0.25) is 36.2 Å². The normalized spacial score (nSPS) is 24.2. The number of esters is 2. The van der Waals surface area contributed by atoms with E-state index in [1.165, 1.54) is 35.3 Å². The van der Waals surface area contributed by atoms with E-state index in [-0.39, 0.29) is 104 Å². The van der Waals surface area contributed by atoms with Gasteiger partial charge in [0.15, 0.2) is 0 Å². The van der Waals surface area contributed by atoms with Gasteiger partial charge >= 0.3 is 24.0 Å². The number of cyclic esters (lactones) is 2. The van der Waals surface area contributed by atoms with E-state index >= 15 is 0 Å². The molecule has 6 saturated heterocycles. The highest BCUT2D eigenvalue weighted by atomic mass is 35.5. The molecule has 2 unspecified atom stereocenters. The highest BCUT2D eigenvalue weighted by molar-refractivity contribution is 6.35. The lowest BCUT2D eigenvalue weighted by Gasteiger charge is -2.43. The smallest absolute Gasteiger partial charge is 0.358 e. The summed E-state index contributed by atoms with van der Waals surface area (Å²) in [5.74, 6) is -3.47. The van der Waals surface area contributed by atoms with Crippen molar-refractivity contribution in [2.75, 3.05) is 46.5 Å². The second-order valence-electron chi connectivity index (χ2n) is 16.9. The molecule has 0 radical (unpaired) electrons. The van der Waals surface area contributed by atoms with Gasteiger partial charge < -0.3 is 34.3 Å². The van der Waals surface area contributed by atoms with Crippen molar-refractivity contribution < 1.29 is 71.6 Å². The molecular formula is C45H54Cl2N10O15. The first kappa shape index (κ1) is 52.9. The Kier molecular flexibility index (Phi) is 17.3. The summed E-state index contributed by atoms with van der Waals surface area (Å²) in [5, 5.41) is 12.6. The molecule has 2 aromatic carbocycles. The Balaban J connectivity index is 0.000000211. The van der Waals surface area contributed by atoms with Crippen LogP contribution >= 0.6 is 23.2 Å². The number of nitrogens with one attached hydrogen (secondary N) is 4. The molecular weight excluding hydrogens is 991 g/mol. The molecule has 8 rings (SSSR count). The van der Waals surface area contributed by atoms with E-state index in [2.05, 4.69) is 21.5 Å². The van der Waals surface area contributed by atoms with Gasteiger partial charge in [-0.05, 0) is 82.0 Å². The van der Waals surface area contributed by atoms with Gasteiger partial charge in [0.05, 0.1) is 33.0 Å². The van der Waals surface area contributed by atoms with Crippen LogP contribution < -0.4 is 26.2 Å². The number of urea groups is 2. The molecule has 0 spiro atoms. The molecule has 0 saturated carbocycles. The minimum absolute atomic E-state index is 0.0309. The van der Waals surface area contributed by atoms with Crippen LogP contribution in [0.2, 0.25) is 10.0 Å². The average molecular weight is 1050 g/mol. The number of hydrazine groups is 4. The largest absolute Gasteiger partial charge is 0.497 e. The number of methoxy groups -OCH3 is 1. The molecule has 27 heteroatoms. The van der Waals surface area contributed by atoms with Crippen LogP contribution in [0, 0.1) is 0 Å². The van der Waals surface area contributed by atoms with Crippen molar-refractivity contribution in [3.05, 3.63) is 63.6 Å². The third kappa shape index (κ3) is 12.2. The predicted molar refractivity (Wildman–Crippen MR) is 247 cm³/mol. The average Bonchev–Trinajstić information content (AvgIpc) is 3.82. The van der Waals surface area contributed by atoms with Gasteiger partial charge in [0.25, 0.3) is 11.8 Å². The molecule has 4 N–H and O–H groups in total. The third-order valence-corrected chi connectivity index (χ3v) is 12.6. The third-order valence-electron chi connectivity index (χ3n) is 12.1. The molecule has 72 heavy (non-hydrogen) atoms. The molecule has 6 atom stereocenters. The number of amides is 10. The maximum atomic E-state index is 13.5. The molecule has 388 valence electrons. The summed E-state index contributed by atoms with van der Waals surface area (Å²) in [5.41, 5.74) is 5.44. The quantitative estimate of drug-likeness (QED) is 0.208. The maximum Gasteiger partial charge on any atom is 0.358 e. The second-order valence-corrected chi connectivity index (χ2v) is 17.8. The Labute approximate surface area is 422 Å². The molecule has 10 amide bonds. The van der Waals surface area contributed by atoms with Gasteiger partial charge in [-0.25, -0.2) is 39.6 Å². The van der Waals surface area contributed by atoms with Crippen molar-refractivity contribution >= 4 is 82.6 Å². The Bertz CT molecular complexity index is 2430. The summed E-state index contributed by atoms with van der Waals surface area (Å²) in [4.78, 5) is 128. The number of hydrogen-bond donors (Lipinski definition) is 4. The van der Waals surface area contributed by atoms with Crippen molar-refractivity contribution in [2.45, 2.75) is 102 Å². The number of ether oxygens (including phenoxy) is 5. The van der Waals surface area contributed by atoms with Crippen LogP contribution in [0.15, 0.2) is 42.5 Å². The fourth-order valence-electron chi connectivity index (χ4n) is 8.73. The van der Waals surface area contributed by atoms with Gasteiger partial charge in [0.1, 0.15) is 29.9 Å². The van der Waals surface area contributed by atoms with Crippen molar-refractivity contribution in [1.82, 2.24) is 51.5 Å². The molecule has 6 aliphatic rings. The zero-order valence-corrected chi connectivity index (χ0v) is 41.0. The number of halogens is 2. The molecule has 25 nitrogen and oxygen atoms in total. The number of nitrogens with zero attached hydrogens (tertiary/aromatic N) is 6. The fourth-order valence-corrected chi connectivity index (χ4v) is 9.26. The lowest BCUT2D eigenvalue weighted by molar-refractivity contribution is -0.166. The van der Waals surface area contributed by atoms with Crippen molar-refractivity contribution in [1.29, 1.82) is 0 Å². The van der Waals surface area contributed by atoms with E-state index in [0.717, 1.165) is 20.0 Å². The molecule has 6 heterocycles. The van der Waals surface area contributed by atoms with Crippen molar-refractivity contribution in [3.8, 4) is 5.75 Å². The van der Waals surface area contributed by atoms with Gasteiger partial charge in [-0.2, -0.15) is 0 Å². The summed E-state index contributed by atoms with van der Waals surface area (Å²) < 4.78 is 26.1. The van der Waals surface area contributed by atoms with Crippen LogP contribution in [0.3, 0.4) is 0 Å². The lowest BCUT2D eigenvalue weighted by Crippen LogP contribution is -2.65. The number of carbonyl (C=O) groups excluding carboxylic acids is 10. The first-order chi connectivity index (χ1) is 34.5. The fraction of sp³-hybridized carbons (Fsp3) is 0.511. The maximum absolute atomic E-state index is 13.5. The first-order valence-corrected chi connectivity index (χ1v) is 24.0. The Morgan fingerprint density at radius 2 is 1.06 bits per heavy atom. The van der Waals surface area contributed by atoms with Gasteiger partial charge in [-0.3, -0.25) is 49.2 Å². The summed E-state index contributed by atoms with van der Waals surface area (Å²) in [6.45, 7) is 4.37. The number of fused-ring (bicyclic) bond motifs is 2. The van der Waals surface area contributed by atoms with Crippen LogP contribution in [0.25, 0.3) is 0 Å². The molecule has 0 aliphatic carbocycles. The van der Waals surface area contributed by atoms with Crippen LogP contribution in [0.4, 0.5) is 9.59 Å². The van der Waals surface area contributed by atoms with E-state index in [9.17, 15) is 47.9 Å². The highest BCUT2D eigenvalue weighted by Crippen LogP contribution is 2.28. The number of rotatable bonds is 13. The van der Waals surface area contributed by atoms with E-state index in [4.69, 9.17) is 46.9 Å². The van der Waals surface area contributed by atoms with E-state index in [1.807, 2.05) is 0 Å². The van der Waals surface area contributed by atoms with Crippen LogP contribution in [0.5, 0.6) is 5.75 Å². The Morgan fingerprint density at radius 3 is 1.47 bits per heavy atom. The van der Waals surface area contributed by atoms with E-state index in [1.54, 1.807) is 38.1 Å². The zero-order chi connectivity index (χ0) is 51.8. The van der Waals surface area contributed by atoms with Crippen LogP contribution in [-0.2, 0) is 47.7 Å². The standard InChI is InChI=1S/C23H29N5O8.C22H25Cl2N5O7/c1-3-35-22-16(13-19(30)36-22)24-21(32)17-5-4-11-27-18(29)10-12-26(23(33)28(17)27)25-20(31)14-6-8-15(34-2)9-7-14;1-2-35-21-15(11-18(31)36-21)25-20(33)16-4-3-6-28-17(30)5-7-27(22(34)29(16)28)26-19(32)12-8-13(23)10-14(24)9-12/h6-9,16-17,22H,3-5,10-13H2,1-2H3,(H,24,32)(H,25,31);8-10,15-16,21H,2-7,11H2,1H3,(H,25,33)(H,26,32)/t16-,17-,22?;15-,16-,21?/m00/s1. The molecule has 6 fully saturated rings. The first-order valence-electron chi connectivity index (χ1n) is 23.3. The predicted octanol–water partition coefficient (Wildman–Crippen LogP) is 1.63. The molecule has 0 aromatic heterocycles.